The number of nitrogens with one attached hydrogen (secondary N) is 2. The molecule has 1 heterocycles. The molecule has 7 nitrogen and oxygen atoms in total. The zero-order valence-corrected chi connectivity index (χ0v) is 18.2. The van der Waals surface area contributed by atoms with Gasteiger partial charge in [0.15, 0.2) is 5.96 Å². The number of guanidine groups is 1. The predicted octanol–water partition coefficient (Wildman–Crippen LogP) is 3.32. The fourth-order valence-electron chi connectivity index (χ4n) is 3.24. The van der Waals surface area contributed by atoms with Crippen LogP contribution in [0.25, 0.3) is 5.69 Å². The average molecular weight is 436 g/mol. The van der Waals surface area contributed by atoms with E-state index in [-0.39, 0.29) is 0 Å². The molecule has 0 bridgehead atoms. The second-order valence-electron chi connectivity index (χ2n) is 6.94. The molecule has 8 heteroatoms. The molecule has 0 radical (unpaired) electrons. The van der Waals surface area contributed by atoms with Crippen LogP contribution in [0.3, 0.4) is 0 Å². The Morgan fingerprint density at radius 3 is 2.52 bits per heavy atom. The lowest BCUT2D eigenvalue weighted by Crippen LogP contribution is -2.38. The van der Waals surface area contributed by atoms with Crippen LogP contribution in [0.4, 0.5) is 5.82 Å². The molecule has 0 saturated carbocycles. The van der Waals surface area contributed by atoms with Crippen LogP contribution in [0.15, 0.2) is 59.6 Å². The molecule has 0 unspecified atom stereocenters. The van der Waals surface area contributed by atoms with Crippen molar-refractivity contribution in [1.82, 2.24) is 20.4 Å². The Bertz CT molecular complexity index is 1070. The minimum atomic E-state index is 0.369. The maximum Gasteiger partial charge on any atom is 0.190 e. The summed E-state index contributed by atoms with van der Waals surface area (Å²) >= 11 is 6.20. The summed E-state index contributed by atoms with van der Waals surface area (Å²) in [5.41, 5.74) is 9.23. The molecule has 0 aliphatic rings. The van der Waals surface area contributed by atoms with Crippen molar-refractivity contribution in [1.29, 1.82) is 5.26 Å². The van der Waals surface area contributed by atoms with E-state index in [9.17, 15) is 5.26 Å². The lowest BCUT2D eigenvalue weighted by molar-refractivity contribution is 0.720. The molecule has 0 amide bonds. The number of hydrogen-bond donors (Lipinski definition) is 3. The summed E-state index contributed by atoms with van der Waals surface area (Å²) < 4.78 is 1.62. The quantitative estimate of drug-likeness (QED) is 0.286. The van der Waals surface area contributed by atoms with Crippen molar-refractivity contribution in [2.75, 3.05) is 25.9 Å². The number of aromatic nitrogens is 2. The summed E-state index contributed by atoms with van der Waals surface area (Å²) in [4.78, 5) is 4.25. The highest BCUT2D eigenvalue weighted by Crippen LogP contribution is 2.21. The van der Waals surface area contributed by atoms with Crippen molar-refractivity contribution in [3.05, 3.63) is 76.4 Å². The van der Waals surface area contributed by atoms with Gasteiger partial charge in [0.1, 0.15) is 17.5 Å². The third-order valence-corrected chi connectivity index (χ3v) is 5.23. The van der Waals surface area contributed by atoms with Gasteiger partial charge in [-0.2, -0.15) is 10.4 Å². The van der Waals surface area contributed by atoms with Crippen LogP contribution in [-0.2, 0) is 12.8 Å². The maximum absolute atomic E-state index is 9.52. The van der Waals surface area contributed by atoms with Gasteiger partial charge >= 0.3 is 0 Å². The zero-order chi connectivity index (χ0) is 22.1. The van der Waals surface area contributed by atoms with Crippen molar-refractivity contribution >= 4 is 23.4 Å². The highest BCUT2D eigenvalue weighted by molar-refractivity contribution is 6.31. The van der Waals surface area contributed by atoms with E-state index in [1.165, 1.54) is 0 Å². The van der Waals surface area contributed by atoms with E-state index in [0.29, 0.717) is 30.0 Å². The van der Waals surface area contributed by atoms with Gasteiger partial charge in [-0.15, -0.1) is 0 Å². The molecular formula is C23H26ClN7. The van der Waals surface area contributed by atoms with Gasteiger partial charge < -0.3 is 16.4 Å². The van der Waals surface area contributed by atoms with E-state index in [1.54, 1.807) is 11.7 Å². The number of para-hydroxylation sites is 1. The van der Waals surface area contributed by atoms with Gasteiger partial charge in [-0.3, -0.25) is 4.99 Å². The number of nitrogen functional groups attached to an aromatic ring is 1. The number of halogens is 1. The number of aliphatic imine (C=N–C) groups is 1. The molecular weight excluding hydrogens is 410 g/mol. The SMILES string of the molecule is CN=C(NCCCc1nn(-c2ccccc2)c(N)c1C#N)NCCc1ccccc1Cl. The van der Waals surface area contributed by atoms with Crippen molar-refractivity contribution in [2.24, 2.45) is 4.99 Å². The van der Waals surface area contributed by atoms with Crippen molar-refractivity contribution in [2.45, 2.75) is 19.3 Å². The Balaban J connectivity index is 1.49. The first-order valence-electron chi connectivity index (χ1n) is 10.1. The fraction of sp³-hybridized carbons (Fsp3) is 0.261. The van der Waals surface area contributed by atoms with Crippen molar-refractivity contribution < 1.29 is 0 Å². The standard InChI is InChI=1S/C23H26ClN7/c1-27-23(29-15-13-17-8-5-6-11-20(17)24)28-14-7-12-21-19(16-25)22(26)31(30-21)18-9-3-2-4-10-18/h2-6,8-11H,7,12-15,26H2,1H3,(H2,27,28,29). The smallest absolute Gasteiger partial charge is 0.190 e. The molecule has 0 atom stereocenters. The lowest BCUT2D eigenvalue weighted by Gasteiger charge is -2.12. The number of nitrogens with zero attached hydrogens (tertiary/aromatic N) is 4. The van der Waals surface area contributed by atoms with E-state index in [0.717, 1.165) is 41.6 Å². The maximum atomic E-state index is 9.52. The third kappa shape index (κ3) is 5.77. The largest absolute Gasteiger partial charge is 0.382 e. The van der Waals surface area contributed by atoms with Gasteiger partial charge in [0.25, 0.3) is 0 Å². The number of rotatable bonds is 8. The summed E-state index contributed by atoms with van der Waals surface area (Å²) in [6, 6.07) is 19.6. The molecule has 1 aromatic heterocycles. The Kier molecular flexibility index (Phi) is 7.91. The van der Waals surface area contributed by atoms with Crippen LogP contribution < -0.4 is 16.4 Å². The average Bonchev–Trinajstić information content (AvgIpc) is 3.12. The van der Waals surface area contributed by atoms with E-state index in [1.807, 2.05) is 54.6 Å². The number of aryl methyl sites for hydroxylation is 1. The summed E-state index contributed by atoms with van der Waals surface area (Å²) in [6.45, 7) is 1.41. The van der Waals surface area contributed by atoms with Crippen molar-refractivity contribution in [3.63, 3.8) is 0 Å². The van der Waals surface area contributed by atoms with Crippen LogP contribution in [0, 0.1) is 11.3 Å². The first kappa shape index (κ1) is 22.2. The van der Waals surface area contributed by atoms with Gasteiger partial charge in [-0.1, -0.05) is 48.0 Å². The van der Waals surface area contributed by atoms with Crippen LogP contribution in [0.1, 0.15) is 23.2 Å². The van der Waals surface area contributed by atoms with Crippen LogP contribution in [0.5, 0.6) is 0 Å². The molecule has 0 fully saturated rings. The Morgan fingerprint density at radius 2 is 1.81 bits per heavy atom. The molecule has 3 rings (SSSR count). The molecule has 4 N–H and O–H groups in total. The van der Waals surface area contributed by atoms with Crippen LogP contribution in [0.2, 0.25) is 5.02 Å². The number of nitrogens with two attached hydrogens (primary N) is 1. The Morgan fingerprint density at radius 1 is 1.10 bits per heavy atom. The molecule has 2 aromatic carbocycles. The monoisotopic (exact) mass is 435 g/mol. The summed E-state index contributed by atoms with van der Waals surface area (Å²) in [5, 5.41) is 21.4. The van der Waals surface area contributed by atoms with Gasteiger partial charge in [0, 0.05) is 25.2 Å². The molecule has 0 aliphatic heterocycles. The first-order valence-corrected chi connectivity index (χ1v) is 10.5. The lowest BCUT2D eigenvalue weighted by atomic mass is 10.1. The molecule has 160 valence electrons. The van der Waals surface area contributed by atoms with E-state index >= 15 is 0 Å². The Hall–Kier alpha value is -3.50. The van der Waals surface area contributed by atoms with Gasteiger partial charge in [-0.05, 0) is 43.0 Å². The van der Waals surface area contributed by atoms with Gasteiger partial charge in [-0.25, -0.2) is 4.68 Å². The fourth-order valence-corrected chi connectivity index (χ4v) is 3.47. The summed E-state index contributed by atoms with van der Waals surface area (Å²) in [6.07, 6.45) is 2.23. The van der Waals surface area contributed by atoms with Gasteiger partial charge in [0.2, 0.25) is 0 Å². The normalized spacial score (nSPS) is 11.2. The number of nitriles is 1. The number of hydrogen-bond acceptors (Lipinski definition) is 4. The predicted molar refractivity (Wildman–Crippen MR) is 126 cm³/mol. The third-order valence-electron chi connectivity index (χ3n) is 4.86. The second-order valence-corrected chi connectivity index (χ2v) is 7.34. The molecule has 0 saturated heterocycles. The molecule has 31 heavy (non-hydrogen) atoms. The number of anilines is 1. The molecule has 3 aromatic rings. The zero-order valence-electron chi connectivity index (χ0n) is 17.5. The van der Waals surface area contributed by atoms with E-state index in [4.69, 9.17) is 17.3 Å². The summed E-state index contributed by atoms with van der Waals surface area (Å²) in [5.74, 6) is 1.09. The first-order chi connectivity index (χ1) is 15.1. The van der Waals surface area contributed by atoms with E-state index < -0.39 is 0 Å². The Labute approximate surface area is 187 Å². The minimum Gasteiger partial charge on any atom is -0.382 e. The van der Waals surface area contributed by atoms with Crippen molar-refractivity contribution in [3.8, 4) is 11.8 Å². The minimum absolute atomic E-state index is 0.369. The number of benzene rings is 2. The van der Waals surface area contributed by atoms with Crippen LogP contribution >= 0.6 is 11.6 Å². The van der Waals surface area contributed by atoms with E-state index in [2.05, 4.69) is 26.8 Å². The highest BCUT2D eigenvalue weighted by atomic mass is 35.5. The highest BCUT2D eigenvalue weighted by Gasteiger charge is 2.16. The van der Waals surface area contributed by atoms with Crippen LogP contribution in [-0.4, -0.2) is 35.9 Å². The summed E-state index contributed by atoms with van der Waals surface area (Å²) in [7, 11) is 1.74. The van der Waals surface area contributed by atoms with Gasteiger partial charge in [0.05, 0.1) is 11.4 Å². The topological polar surface area (TPSA) is 104 Å². The second kappa shape index (κ2) is 11.0. The molecule has 0 aliphatic carbocycles. The molecule has 0 spiro atoms.